The van der Waals surface area contributed by atoms with Gasteiger partial charge in [-0.3, -0.25) is 9.69 Å². The molecule has 2 aliphatic rings. The summed E-state index contributed by atoms with van der Waals surface area (Å²) in [7, 11) is 4.95. The minimum atomic E-state index is -0.327. The first-order valence-corrected chi connectivity index (χ1v) is 15.6. The molecule has 0 saturated carbocycles. The van der Waals surface area contributed by atoms with Crippen LogP contribution in [0.4, 0.5) is 0 Å². The first kappa shape index (κ1) is 31.1. The van der Waals surface area contributed by atoms with Crippen LogP contribution in [-0.4, -0.2) is 62.5 Å². The first-order valence-electron chi connectivity index (χ1n) is 14.8. The minimum Gasteiger partial charge on any atom is -0.465 e. The van der Waals surface area contributed by atoms with Crippen LogP contribution in [0.2, 0.25) is 10.0 Å². The van der Waals surface area contributed by atoms with Gasteiger partial charge in [0.15, 0.2) is 0 Å². The molecule has 3 aromatic carbocycles. The fourth-order valence-electron chi connectivity index (χ4n) is 6.20. The lowest BCUT2D eigenvalue weighted by Gasteiger charge is -2.19. The fraction of sp³-hybridized carbons (Fsp3) is 0.333. The highest BCUT2D eigenvalue weighted by atomic mass is 35.5. The van der Waals surface area contributed by atoms with Crippen LogP contribution in [0.3, 0.4) is 0 Å². The van der Waals surface area contributed by atoms with Gasteiger partial charge in [0.25, 0.3) is 0 Å². The average Bonchev–Trinajstić information content (AvgIpc) is 3.35. The Balaban J connectivity index is 1.42. The number of methoxy groups -OCH3 is 1. The zero-order chi connectivity index (χ0) is 30.5. The highest BCUT2D eigenvalue weighted by molar-refractivity contribution is 6.36. The van der Waals surface area contributed by atoms with Crippen molar-refractivity contribution in [1.82, 2.24) is 9.80 Å². The van der Waals surface area contributed by atoms with Gasteiger partial charge in [-0.1, -0.05) is 65.7 Å². The number of likely N-dealkylation sites (tertiary alicyclic amines) is 1. The number of fused-ring (bicyclic) bond motifs is 1. The molecule has 1 heterocycles. The van der Waals surface area contributed by atoms with E-state index in [4.69, 9.17) is 27.9 Å². The average molecular weight is 618 g/mol. The van der Waals surface area contributed by atoms with Gasteiger partial charge in [0.05, 0.1) is 12.7 Å². The number of ether oxygens (including phenoxy) is 1. The van der Waals surface area contributed by atoms with Gasteiger partial charge >= 0.3 is 5.97 Å². The Bertz CT molecular complexity index is 1560. The van der Waals surface area contributed by atoms with Crippen molar-refractivity contribution in [3.05, 3.63) is 116 Å². The van der Waals surface area contributed by atoms with Gasteiger partial charge < -0.3 is 9.64 Å². The largest absolute Gasteiger partial charge is 0.465 e. The van der Waals surface area contributed by atoms with E-state index in [-0.39, 0.29) is 11.9 Å². The monoisotopic (exact) mass is 616 g/mol. The van der Waals surface area contributed by atoms with Crippen molar-refractivity contribution in [2.45, 2.75) is 32.1 Å². The summed E-state index contributed by atoms with van der Waals surface area (Å²) in [5.74, 6) is 0.279. The molecule has 0 spiro atoms. The molecule has 224 valence electrons. The molecule has 1 aliphatic carbocycles. The van der Waals surface area contributed by atoms with Gasteiger partial charge in [-0.05, 0) is 108 Å². The summed E-state index contributed by atoms with van der Waals surface area (Å²) in [6.45, 7) is 2.88. The Hall–Kier alpha value is -3.38. The Kier molecular flexibility index (Phi) is 10.1. The number of rotatable bonds is 8. The molecule has 0 aromatic heterocycles. The molecule has 5 rings (SSSR count). The van der Waals surface area contributed by atoms with Crippen LogP contribution in [0.1, 0.15) is 57.4 Å². The predicted octanol–water partition coefficient (Wildman–Crippen LogP) is 7.58. The molecule has 43 heavy (non-hydrogen) atoms. The molecule has 0 bridgehead atoms. The molecule has 3 aromatic rings. The molecule has 0 radical (unpaired) electrons. The van der Waals surface area contributed by atoms with Crippen molar-refractivity contribution < 1.29 is 14.3 Å². The van der Waals surface area contributed by atoms with Gasteiger partial charge in [0.2, 0.25) is 5.91 Å². The molecule has 1 atom stereocenters. The fourth-order valence-corrected chi connectivity index (χ4v) is 6.73. The van der Waals surface area contributed by atoms with Gasteiger partial charge in [-0.25, -0.2) is 4.79 Å². The second-order valence-electron chi connectivity index (χ2n) is 11.6. The molecule has 1 saturated heterocycles. The molecule has 7 heteroatoms. The Morgan fingerprint density at radius 1 is 1.00 bits per heavy atom. The molecular weight excluding hydrogens is 579 g/mol. The maximum absolute atomic E-state index is 12.3. The molecule has 1 aliphatic heterocycles. The van der Waals surface area contributed by atoms with Crippen LogP contribution in [0.15, 0.2) is 72.8 Å². The van der Waals surface area contributed by atoms with E-state index in [2.05, 4.69) is 29.2 Å². The van der Waals surface area contributed by atoms with Gasteiger partial charge in [-0.2, -0.15) is 0 Å². The Morgan fingerprint density at radius 2 is 1.77 bits per heavy atom. The molecule has 1 unspecified atom stereocenters. The smallest absolute Gasteiger partial charge is 0.337 e. The van der Waals surface area contributed by atoms with Crippen LogP contribution >= 0.6 is 23.2 Å². The van der Waals surface area contributed by atoms with Crippen molar-refractivity contribution in [1.29, 1.82) is 0 Å². The van der Waals surface area contributed by atoms with E-state index >= 15 is 0 Å². The van der Waals surface area contributed by atoms with E-state index in [1.807, 2.05) is 36.4 Å². The lowest BCUT2D eigenvalue weighted by molar-refractivity contribution is -0.123. The number of esters is 1. The minimum absolute atomic E-state index is 0.0210. The van der Waals surface area contributed by atoms with E-state index in [1.54, 1.807) is 31.1 Å². The van der Waals surface area contributed by atoms with Gasteiger partial charge in [-0.15, -0.1) is 0 Å². The van der Waals surface area contributed by atoms with Crippen molar-refractivity contribution in [3.8, 4) is 0 Å². The first-order chi connectivity index (χ1) is 20.7. The predicted molar refractivity (Wildman–Crippen MR) is 176 cm³/mol. The van der Waals surface area contributed by atoms with Crippen LogP contribution < -0.4 is 0 Å². The van der Waals surface area contributed by atoms with E-state index in [1.165, 1.54) is 18.2 Å². The summed E-state index contributed by atoms with van der Waals surface area (Å²) in [4.78, 5) is 28.1. The molecular formula is C36H38Cl2N2O3. The summed E-state index contributed by atoms with van der Waals surface area (Å²) in [5, 5.41) is 1.25. The molecule has 5 nitrogen and oxygen atoms in total. The zero-order valence-corrected chi connectivity index (χ0v) is 26.5. The summed E-state index contributed by atoms with van der Waals surface area (Å²) < 4.78 is 5.00. The summed E-state index contributed by atoms with van der Waals surface area (Å²) in [6, 6.07) is 20.5. The Morgan fingerprint density at radius 3 is 2.49 bits per heavy atom. The number of benzene rings is 3. The number of carbonyl (C=O) groups excluding carboxylic acids is 2. The van der Waals surface area contributed by atoms with E-state index < -0.39 is 0 Å². The Labute approximate surface area is 264 Å². The van der Waals surface area contributed by atoms with Crippen molar-refractivity contribution >= 4 is 46.2 Å². The van der Waals surface area contributed by atoms with E-state index in [9.17, 15) is 9.59 Å². The van der Waals surface area contributed by atoms with Crippen LogP contribution in [0.25, 0.3) is 11.1 Å². The number of amides is 1. The zero-order valence-electron chi connectivity index (χ0n) is 25.0. The second kappa shape index (κ2) is 13.9. The third-order valence-electron chi connectivity index (χ3n) is 8.43. The number of aryl methyl sites for hydroxylation is 1. The number of nitrogens with zero attached hydrogens (tertiary/aromatic N) is 2. The van der Waals surface area contributed by atoms with Crippen LogP contribution in [0.5, 0.6) is 0 Å². The second-order valence-corrected chi connectivity index (χ2v) is 12.5. The van der Waals surface area contributed by atoms with Crippen molar-refractivity contribution in [3.63, 3.8) is 0 Å². The standard InChI is InChI=1S/C36H38Cl2N2O3/c1-39(2)34(41)8-5-18-40-19-17-25(23-40)20-24-9-11-26(12-10-24)35-30-15-13-28(36(42)43-3)21-27(30)6-4-7-32(35)31-16-14-29(37)22-33(31)38/h5,8-16,21-22,25H,4,6-7,17-20,23H2,1-3H3. The highest BCUT2D eigenvalue weighted by Gasteiger charge is 2.24. The van der Waals surface area contributed by atoms with Gasteiger partial charge in [0.1, 0.15) is 0 Å². The van der Waals surface area contributed by atoms with Gasteiger partial charge in [0, 0.05) is 43.3 Å². The summed E-state index contributed by atoms with van der Waals surface area (Å²) >= 11 is 13.0. The number of allylic oxidation sites excluding steroid dienone is 1. The summed E-state index contributed by atoms with van der Waals surface area (Å²) in [5.41, 5.74) is 8.58. The number of hydrogen-bond donors (Lipinski definition) is 0. The van der Waals surface area contributed by atoms with Crippen LogP contribution in [-0.2, 0) is 22.4 Å². The van der Waals surface area contributed by atoms with Crippen molar-refractivity contribution in [2.75, 3.05) is 40.8 Å². The summed E-state index contributed by atoms with van der Waals surface area (Å²) in [6.07, 6.45) is 8.44. The number of likely N-dealkylation sites (N-methyl/N-ethyl adjacent to an activating group) is 1. The number of hydrogen-bond acceptors (Lipinski definition) is 4. The molecule has 0 N–H and O–H groups in total. The topological polar surface area (TPSA) is 49.9 Å². The normalized spacial score (nSPS) is 17.2. The number of halogens is 2. The number of carbonyl (C=O) groups is 2. The lowest BCUT2D eigenvalue weighted by atomic mass is 9.86. The van der Waals surface area contributed by atoms with E-state index in [0.29, 0.717) is 21.5 Å². The third kappa shape index (κ3) is 7.41. The molecule has 1 amide bonds. The molecule has 1 fully saturated rings. The lowest BCUT2D eigenvalue weighted by Crippen LogP contribution is -2.22. The van der Waals surface area contributed by atoms with Crippen LogP contribution in [0, 0.1) is 5.92 Å². The highest BCUT2D eigenvalue weighted by Crippen LogP contribution is 2.42. The maximum atomic E-state index is 12.3. The van der Waals surface area contributed by atoms with E-state index in [0.717, 1.165) is 79.6 Å². The quantitative estimate of drug-likeness (QED) is 0.193. The maximum Gasteiger partial charge on any atom is 0.337 e. The third-order valence-corrected chi connectivity index (χ3v) is 8.98. The SMILES string of the molecule is COC(=O)c1ccc2c(c1)CCCC(c1ccc(Cl)cc1Cl)=C2c1ccc(CC2CCN(CC=CC(=O)N(C)C)C2)cc1. The van der Waals surface area contributed by atoms with Crippen molar-refractivity contribution in [2.24, 2.45) is 5.92 Å².